The van der Waals surface area contributed by atoms with Crippen molar-refractivity contribution in [2.24, 2.45) is 5.41 Å². The van der Waals surface area contributed by atoms with Crippen molar-refractivity contribution < 1.29 is 14.6 Å². The van der Waals surface area contributed by atoms with Gasteiger partial charge in [-0.3, -0.25) is 4.79 Å². The van der Waals surface area contributed by atoms with Crippen molar-refractivity contribution in [1.29, 1.82) is 0 Å². The van der Waals surface area contributed by atoms with Gasteiger partial charge in [0, 0.05) is 20.3 Å². The van der Waals surface area contributed by atoms with Crippen LogP contribution in [0, 0.1) is 5.41 Å². The second kappa shape index (κ2) is 9.62. The second-order valence-electron chi connectivity index (χ2n) is 5.81. The molecule has 0 aromatic rings. The molecule has 0 radical (unpaired) electrons. The normalized spacial score (nSPS) is 17.9. The topological polar surface area (TPSA) is 70.6 Å². The Bertz CT molecular complexity index is 303. The number of piperidine rings is 1. The number of amides is 1. The van der Waals surface area contributed by atoms with Gasteiger partial charge in [0.2, 0.25) is 0 Å². The number of methoxy groups -OCH3 is 1. The monoisotopic (exact) mass is 322 g/mol. The highest BCUT2D eigenvalue weighted by atomic mass is 35.5. The number of rotatable bonds is 8. The van der Waals surface area contributed by atoms with E-state index in [0.29, 0.717) is 19.4 Å². The minimum absolute atomic E-state index is 0. The van der Waals surface area contributed by atoms with Gasteiger partial charge in [0.1, 0.15) is 5.60 Å². The molecule has 1 amide bonds. The second-order valence-corrected chi connectivity index (χ2v) is 5.81. The maximum atomic E-state index is 12.5. The molecule has 0 saturated carbocycles. The Labute approximate surface area is 134 Å². The van der Waals surface area contributed by atoms with Crippen LogP contribution < -0.4 is 10.6 Å². The van der Waals surface area contributed by atoms with E-state index in [-0.39, 0.29) is 30.3 Å². The quantitative estimate of drug-likeness (QED) is 0.633. The zero-order valence-electron chi connectivity index (χ0n) is 13.5. The van der Waals surface area contributed by atoms with Crippen LogP contribution in [-0.4, -0.2) is 50.0 Å². The van der Waals surface area contributed by atoms with Crippen LogP contribution in [0.25, 0.3) is 0 Å². The lowest BCUT2D eigenvalue weighted by Crippen LogP contribution is -2.55. The molecule has 3 N–H and O–H groups in total. The Balaban J connectivity index is 0.00000400. The molecule has 0 unspecified atom stereocenters. The third-order valence-electron chi connectivity index (χ3n) is 4.98. The number of halogens is 1. The molecule has 1 rings (SSSR count). The highest BCUT2D eigenvalue weighted by molar-refractivity contribution is 5.85. The number of nitrogens with one attached hydrogen (secondary N) is 2. The number of carbonyl (C=O) groups excluding carboxylic acids is 1. The summed E-state index contributed by atoms with van der Waals surface area (Å²) in [6.45, 7) is 6.62. The van der Waals surface area contributed by atoms with Gasteiger partial charge in [-0.05, 0) is 50.6 Å². The van der Waals surface area contributed by atoms with Gasteiger partial charge in [0.25, 0.3) is 5.91 Å². The van der Waals surface area contributed by atoms with Crippen LogP contribution in [0.15, 0.2) is 0 Å². The Morgan fingerprint density at radius 3 is 2.33 bits per heavy atom. The van der Waals surface area contributed by atoms with Crippen LogP contribution in [0.3, 0.4) is 0 Å². The molecule has 0 spiro atoms. The van der Waals surface area contributed by atoms with E-state index >= 15 is 0 Å². The molecule has 1 heterocycles. The third-order valence-corrected chi connectivity index (χ3v) is 4.98. The molecule has 0 aromatic carbocycles. The molecule has 6 heteroatoms. The molecule has 1 aliphatic rings. The number of aliphatic hydroxyl groups is 1. The van der Waals surface area contributed by atoms with Crippen molar-refractivity contribution >= 4 is 18.3 Å². The van der Waals surface area contributed by atoms with E-state index < -0.39 is 5.60 Å². The number of hydrogen-bond acceptors (Lipinski definition) is 4. The van der Waals surface area contributed by atoms with E-state index in [4.69, 9.17) is 4.74 Å². The fraction of sp³-hybridized carbons (Fsp3) is 0.933. The molecule has 21 heavy (non-hydrogen) atoms. The van der Waals surface area contributed by atoms with Crippen molar-refractivity contribution in [2.75, 3.05) is 33.4 Å². The average Bonchev–Trinajstić information content (AvgIpc) is 2.52. The smallest absolute Gasteiger partial charge is 0.252 e. The van der Waals surface area contributed by atoms with Gasteiger partial charge in [-0.2, -0.15) is 0 Å². The molecule has 0 atom stereocenters. The molecule has 0 aliphatic carbocycles. The highest BCUT2D eigenvalue weighted by Crippen LogP contribution is 2.30. The number of hydrogen-bond donors (Lipinski definition) is 3. The summed E-state index contributed by atoms with van der Waals surface area (Å²) in [5.41, 5.74) is -0.691. The van der Waals surface area contributed by atoms with Crippen LogP contribution in [0.2, 0.25) is 0 Å². The summed E-state index contributed by atoms with van der Waals surface area (Å²) in [6.07, 6.45) is 4.04. The number of carbonyl (C=O) groups is 1. The van der Waals surface area contributed by atoms with Crippen LogP contribution in [0.1, 0.15) is 46.0 Å². The van der Waals surface area contributed by atoms with E-state index in [2.05, 4.69) is 24.5 Å². The van der Waals surface area contributed by atoms with Gasteiger partial charge >= 0.3 is 0 Å². The van der Waals surface area contributed by atoms with Crippen molar-refractivity contribution in [3.05, 3.63) is 0 Å². The number of ether oxygens (including phenoxy) is 1. The van der Waals surface area contributed by atoms with Crippen molar-refractivity contribution in [1.82, 2.24) is 10.6 Å². The Kier molecular flexibility index (Phi) is 9.45. The summed E-state index contributed by atoms with van der Waals surface area (Å²) >= 11 is 0. The molecular weight excluding hydrogens is 292 g/mol. The van der Waals surface area contributed by atoms with E-state index in [9.17, 15) is 9.90 Å². The van der Waals surface area contributed by atoms with E-state index in [1.807, 2.05) is 0 Å². The van der Waals surface area contributed by atoms with Gasteiger partial charge in [0.05, 0.1) is 0 Å². The minimum Gasteiger partial charge on any atom is -0.396 e. The largest absolute Gasteiger partial charge is 0.396 e. The zero-order chi connectivity index (χ0) is 15.1. The third kappa shape index (κ3) is 5.09. The summed E-state index contributed by atoms with van der Waals surface area (Å²) < 4.78 is 5.53. The van der Waals surface area contributed by atoms with Crippen molar-refractivity contribution in [3.8, 4) is 0 Å². The number of aliphatic hydroxyl groups excluding tert-OH is 1. The zero-order valence-corrected chi connectivity index (χ0v) is 14.4. The minimum atomic E-state index is -0.683. The van der Waals surface area contributed by atoms with E-state index in [1.165, 1.54) is 0 Å². The van der Waals surface area contributed by atoms with Gasteiger partial charge in [-0.15, -0.1) is 12.4 Å². The van der Waals surface area contributed by atoms with Gasteiger partial charge in [-0.1, -0.05) is 13.8 Å². The molecular formula is C15H31ClN2O3. The SMILES string of the molecule is CCC(CC)(CCO)CNC(=O)C1(OC)CCNCC1.Cl. The summed E-state index contributed by atoms with van der Waals surface area (Å²) in [4.78, 5) is 12.5. The lowest BCUT2D eigenvalue weighted by Gasteiger charge is -2.37. The maximum Gasteiger partial charge on any atom is 0.252 e. The molecule has 1 saturated heterocycles. The molecule has 5 nitrogen and oxygen atoms in total. The Morgan fingerprint density at radius 1 is 1.33 bits per heavy atom. The van der Waals surface area contributed by atoms with Crippen molar-refractivity contribution in [2.45, 2.75) is 51.6 Å². The van der Waals surface area contributed by atoms with Gasteiger partial charge in [-0.25, -0.2) is 0 Å². The fourth-order valence-corrected chi connectivity index (χ4v) is 2.96. The molecule has 1 fully saturated rings. The summed E-state index contributed by atoms with van der Waals surface area (Å²) in [5.74, 6) is -0.00860. The molecule has 0 bridgehead atoms. The van der Waals surface area contributed by atoms with Gasteiger partial charge < -0.3 is 20.5 Å². The maximum absolute atomic E-state index is 12.5. The standard InChI is InChI=1S/C15H30N2O3.ClH/c1-4-14(5-2,8-11-18)12-17-13(19)15(20-3)6-9-16-10-7-15;/h16,18H,4-12H2,1-3H3,(H,17,19);1H. The molecule has 1 aliphatic heterocycles. The first-order valence-corrected chi connectivity index (χ1v) is 7.73. The highest BCUT2D eigenvalue weighted by Gasteiger charge is 2.40. The molecule has 126 valence electrons. The predicted molar refractivity (Wildman–Crippen MR) is 86.8 cm³/mol. The first-order valence-electron chi connectivity index (χ1n) is 7.73. The van der Waals surface area contributed by atoms with Crippen LogP contribution in [-0.2, 0) is 9.53 Å². The summed E-state index contributed by atoms with van der Waals surface area (Å²) in [5, 5.41) is 15.5. The average molecular weight is 323 g/mol. The first kappa shape index (κ1) is 20.6. The Morgan fingerprint density at radius 2 is 1.90 bits per heavy atom. The van der Waals surface area contributed by atoms with Gasteiger partial charge in [0.15, 0.2) is 0 Å². The first-order chi connectivity index (χ1) is 9.58. The van der Waals surface area contributed by atoms with Crippen LogP contribution >= 0.6 is 12.4 Å². The predicted octanol–water partition coefficient (Wildman–Crippen LogP) is 1.48. The molecule has 0 aromatic heterocycles. The van der Waals surface area contributed by atoms with Crippen molar-refractivity contribution in [3.63, 3.8) is 0 Å². The Hall–Kier alpha value is -0.360. The lowest BCUT2D eigenvalue weighted by molar-refractivity contribution is -0.147. The lowest BCUT2D eigenvalue weighted by atomic mass is 9.79. The van der Waals surface area contributed by atoms with Crippen LogP contribution in [0.5, 0.6) is 0 Å². The fourth-order valence-electron chi connectivity index (χ4n) is 2.96. The van der Waals surface area contributed by atoms with E-state index in [1.54, 1.807) is 7.11 Å². The van der Waals surface area contributed by atoms with Crippen LogP contribution in [0.4, 0.5) is 0 Å². The summed E-state index contributed by atoms with van der Waals surface area (Å²) in [7, 11) is 1.62. The summed E-state index contributed by atoms with van der Waals surface area (Å²) in [6, 6.07) is 0. The van der Waals surface area contributed by atoms with E-state index in [0.717, 1.165) is 32.4 Å².